The van der Waals surface area contributed by atoms with E-state index in [2.05, 4.69) is 56.6 Å². The first-order valence-corrected chi connectivity index (χ1v) is 10.9. The number of rotatable bonds is 9. The van der Waals surface area contributed by atoms with Gasteiger partial charge in [-0.1, -0.05) is 49.4 Å². The van der Waals surface area contributed by atoms with Gasteiger partial charge in [-0.2, -0.15) is 0 Å². The Morgan fingerprint density at radius 3 is 2.23 bits per heavy atom. The second-order valence-electron chi connectivity index (χ2n) is 7.49. The minimum absolute atomic E-state index is 0. The van der Waals surface area contributed by atoms with Crippen molar-refractivity contribution in [1.82, 2.24) is 20.4 Å². The molecule has 0 saturated carbocycles. The van der Waals surface area contributed by atoms with Crippen molar-refractivity contribution >= 4 is 29.9 Å². The molecule has 2 N–H and O–H groups in total. The van der Waals surface area contributed by atoms with Gasteiger partial charge in [0.1, 0.15) is 12.4 Å². The molecule has 1 aliphatic heterocycles. The second-order valence-corrected chi connectivity index (χ2v) is 7.49. The summed E-state index contributed by atoms with van der Waals surface area (Å²) < 4.78 is 5.73. The molecular formula is C24H36IN5O. The number of guanidine groups is 1. The summed E-state index contributed by atoms with van der Waals surface area (Å²) in [7, 11) is 1.80. The molecule has 1 aliphatic rings. The van der Waals surface area contributed by atoms with Crippen molar-refractivity contribution in [2.45, 2.75) is 20.0 Å². The third-order valence-corrected chi connectivity index (χ3v) is 5.50. The Morgan fingerprint density at radius 1 is 0.903 bits per heavy atom. The zero-order valence-corrected chi connectivity index (χ0v) is 21.0. The maximum absolute atomic E-state index is 5.73. The number of aliphatic imine (C=N–C) groups is 1. The fourth-order valence-electron chi connectivity index (χ4n) is 3.64. The van der Waals surface area contributed by atoms with E-state index in [1.807, 2.05) is 30.3 Å². The number of hydrogen-bond donors (Lipinski definition) is 2. The number of ether oxygens (including phenoxy) is 1. The van der Waals surface area contributed by atoms with Gasteiger partial charge in [0.25, 0.3) is 0 Å². The molecule has 0 unspecified atom stereocenters. The van der Waals surface area contributed by atoms with E-state index in [0.717, 1.165) is 44.4 Å². The minimum atomic E-state index is 0. The molecule has 2 aromatic rings. The average Bonchev–Trinajstić information content (AvgIpc) is 2.80. The van der Waals surface area contributed by atoms with E-state index in [1.54, 1.807) is 7.05 Å². The van der Waals surface area contributed by atoms with E-state index < -0.39 is 0 Å². The van der Waals surface area contributed by atoms with Crippen LogP contribution in [-0.4, -0.2) is 68.7 Å². The van der Waals surface area contributed by atoms with Crippen molar-refractivity contribution in [3.8, 4) is 5.75 Å². The molecule has 0 amide bonds. The summed E-state index contributed by atoms with van der Waals surface area (Å²) in [5.41, 5.74) is 2.71. The van der Waals surface area contributed by atoms with Gasteiger partial charge < -0.3 is 20.3 Å². The number of nitrogens with one attached hydrogen (secondary N) is 2. The molecule has 170 valence electrons. The molecule has 0 radical (unpaired) electrons. The summed E-state index contributed by atoms with van der Waals surface area (Å²) >= 11 is 0. The van der Waals surface area contributed by atoms with Crippen molar-refractivity contribution in [2.75, 3.05) is 52.9 Å². The molecule has 1 heterocycles. The Kier molecular flexibility index (Phi) is 11.7. The Hall–Kier alpha value is -1.84. The summed E-state index contributed by atoms with van der Waals surface area (Å²) in [6.45, 7) is 11.0. The number of piperazine rings is 1. The largest absolute Gasteiger partial charge is 0.492 e. The van der Waals surface area contributed by atoms with E-state index in [-0.39, 0.29) is 24.0 Å². The van der Waals surface area contributed by atoms with Crippen LogP contribution in [0, 0.1) is 0 Å². The fraction of sp³-hybridized carbons (Fsp3) is 0.458. The Bertz CT molecular complexity index is 779. The first kappa shape index (κ1) is 25.4. The van der Waals surface area contributed by atoms with Gasteiger partial charge in [0, 0.05) is 46.3 Å². The monoisotopic (exact) mass is 537 g/mol. The van der Waals surface area contributed by atoms with Gasteiger partial charge in [-0.3, -0.25) is 9.89 Å². The number of likely N-dealkylation sites (N-methyl/N-ethyl adjacent to an activating group) is 1. The lowest BCUT2D eigenvalue weighted by atomic mass is 10.1. The smallest absolute Gasteiger partial charge is 0.191 e. The van der Waals surface area contributed by atoms with Crippen LogP contribution in [0.3, 0.4) is 0 Å². The van der Waals surface area contributed by atoms with E-state index in [0.29, 0.717) is 13.2 Å². The number of halogens is 1. The number of nitrogens with zero attached hydrogens (tertiary/aromatic N) is 3. The van der Waals surface area contributed by atoms with Crippen molar-refractivity contribution in [2.24, 2.45) is 4.99 Å². The molecule has 0 aliphatic carbocycles. The molecule has 0 atom stereocenters. The first-order valence-electron chi connectivity index (χ1n) is 10.9. The van der Waals surface area contributed by atoms with Crippen LogP contribution in [0.4, 0.5) is 0 Å². The lowest BCUT2D eigenvalue weighted by Gasteiger charge is -2.34. The molecule has 7 heteroatoms. The minimum Gasteiger partial charge on any atom is -0.492 e. The van der Waals surface area contributed by atoms with Gasteiger partial charge in [-0.15, -0.1) is 24.0 Å². The number of hydrogen-bond acceptors (Lipinski definition) is 4. The topological polar surface area (TPSA) is 52.1 Å². The van der Waals surface area contributed by atoms with Gasteiger partial charge >= 0.3 is 0 Å². The zero-order chi connectivity index (χ0) is 21.0. The lowest BCUT2D eigenvalue weighted by molar-refractivity contribution is 0.131. The van der Waals surface area contributed by atoms with Gasteiger partial charge in [0.2, 0.25) is 0 Å². The maximum Gasteiger partial charge on any atom is 0.191 e. The average molecular weight is 537 g/mol. The van der Waals surface area contributed by atoms with Crippen molar-refractivity contribution in [3.05, 3.63) is 65.7 Å². The van der Waals surface area contributed by atoms with E-state index in [4.69, 9.17) is 4.74 Å². The van der Waals surface area contributed by atoms with E-state index in [9.17, 15) is 0 Å². The van der Waals surface area contributed by atoms with Gasteiger partial charge in [-0.05, 0) is 29.8 Å². The van der Waals surface area contributed by atoms with E-state index in [1.165, 1.54) is 24.2 Å². The van der Waals surface area contributed by atoms with Crippen LogP contribution in [0.25, 0.3) is 0 Å². The number of benzene rings is 2. The van der Waals surface area contributed by atoms with Crippen molar-refractivity contribution in [1.29, 1.82) is 0 Å². The van der Waals surface area contributed by atoms with Crippen LogP contribution in [0.15, 0.2) is 59.6 Å². The molecule has 6 nitrogen and oxygen atoms in total. The van der Waals surface area contributed by atoms with Crippen LogP contribution in [0.5, 0.6) is 5.75 Å². The van der Waals surface area contributed by atoms with Gasteiger partial charge in [-0.25, -0.2) is 0 Å². The lowest BCUT2D eigenvalue weighted by Crippen LogP contribution is -2.45. The van der Waals surface area contributed by atoms with Crippen molar-refractivity contribution < 1.29 is 4.74 Å². The summed E-state index contributed by atoms with van der Waals surface area (Å²) in [6, 6.07) is 18.6. The SMILES string of the molecule is CCN1CCN(Cc2ccccc2CNC(=NC)NCCOc2ccccc2)CC1.I. The summed E-state index contributed by atoms with van der Waals surface area (Å²) in [5, 5.41) is 6.75. The molecule has 0 spiro atoms. The Balaban J connectivity index is 0.00000341. The van der Waals surface area contributed by atoms with Crippen LogP contribution >= 0.6 is 24.0 Å². The highest BCUT2D eigenvalue weighted by Crippen LogP contribution is 2.13. The molecule has 0 aromatic heterocycles. The fourth-order valence-corrected chi connectivity index (χ4v) is 3.64. The predicted molar refractivity (Wildman–Crippen MR) is 139 cm³/mol. The molecule has 2 aromatic carbocycles. The predicted octanol–water partition coefficient (Wildman–Crippen LogP) is 3.19. The molecule has 0 bridgehead atoms. The third-order valence-electron chi connectivity index (χ3n) is 5.50. The molecular weight excluding hydrogens is 501 g/mol. The van der Waals surface area contributed by atoms with Crippen LogP contribution in [0.2, 0.25) is 0 Å². The zero-order valence-electron chi connectivity index (χ0n) is 18.7. The van der Waals surface area contributed by atoms with Crippen LogP contribution in [0.1, 0.15) is 18.1 Å². The second kappa shape index (κ2) is 14.3. The third kappa shape index (κ3) is 8.66. The summed E-state index contributed by atoms with van der Waals surface area (Å²) in [4.78, 5) is 9.40. The molecule has 1 fully saturated rings. The first-order chi connectivity index (χ1) is 14.8. The van der Waals surface area contributed by atoms with Gasteiger partial charge in [0.15, 0.2) is 5.96 Å². The normalized spacial score (nSPS) is 15.2. The Morgan fingerprint density at radius 2 is 1.55 bits per heavy atom. The Labute approximate surface area is 204 Å². The van der Waals surface area contributed by atoms with E-state index >= 15 is 0 Å². The van der Waals surface area contributed by atoms with Crippen LogP contribution in [-0.2, 0) is 13.1 Å². The quantitative estimate of drug-likeness (QED) is 0.223. The summed E-state index contributed by atoms with van der Waals surface area (Å²) in [6.07, 6.45) is 0. The highest BCUT2D eigenvalue weighted by molar-refractivity contribution is 14.0. The molecule has 3 rings (SSSR count). The molecule has 1 saturated heterocycles. The standard InChI is InChI=1S/C24H35N5O.HI/c1-3-28-14-16-29(17-15-28)20-22-10-8-7-9-21(22)19-27-24(25-2)26-13-18-30-23-11-5-4-6-12-23;/h4-12H,3,13-20H2,1-2H3,(H2,25,26,27);1H. The highest BCUT2D eigenvalue weighted by Gasteiger charge is 2.16. The number of para-hydroxylation sites is 1. The van der Waals surface area contributed by atoms with Crippen molar-refractivity contribution in [3.63, 3.8) is 0 Å². The molecule has 31 heavy (non-hydrogen) atoms. The highest BCUT2D eigenvalue weighted by atomic mass is 127. The van der Waals surface area contributed by atoms with Gasteiger partial charge in [0.05, 0.1) is 6.54 Å². The van der Waals surface area contributed by atoms with Crippen LogP contribution < -0.4 is 15.4 Å². The summed E-state index contributed by atoms with van der Waals surface area (Å²) in [5.74, 6) is 1.67. The maximum atomic E-state index is 5.73.